The van der Waals surface area contributed by atoms with Crippen molar-refractivity contribution in [1.29, 1.82) is 0 Å². The van der Waals surface area contributed by atoms with Crippen LogP contribution < -0.4 is 10.6 Å². The number of anilines is 2. The minimum absolute atomic E-state index is 0.0481. The summed E-state index contributed by atoms with van der Waals surface area (Å²) >= 11 is 0. The standard InChI is InChI=1S/C15H17N5O2/c1-8-4-5-9(2)11(6-8)17-14(22)12-7-13(21)18-15-16-10(3)19-20(12)15/h4-6,12H,7H2,1-3H3,(H,17,22)(H,16,18,19,21). The molecular weight excluding hydrogens is 282 g/mol. The van der Waals surface area contributed by atoms with Gasteiger partial charge in [0.1, 0.15) is 11.9 Å². The van der Waals surface area contributed by atoms with E-state index in [9.17, 15) is 9.59 Å². The van der Waals surface area contributed by atoms with Gasteiger partial charge in [-0.25, -0.2) is 4.68 Å². The van der Waals surface area contributed by atoms with E-state index in [2.05, 4.69) is 20.7 Å². The zero-order valence-corrected chi connectivity index (χ0v) is 12.7. The molecule has 2 heterocycles. The highest BCUT2D eigenvalue weighted by Crippen LogP contribution is 2.25. The molecule has 2 N–H and O–H groups in total. The van der Waals surface area contributed by atoms with Crippen molar-refractivity contribution < 1.29 is 9.59 Å². The van der Waals surface area contributed by atoms with E-state index in [0.29, 0.717) is 11.8 Å². The molecule has 1 aliphatic rings. The molecule has 1 aliphatic heterocycles. The first-order chi connectivity index (χ1) is 10.4. The quantitative estimate of drug-likeness (QED) is 0.883. The summed E-state index contributed by atoms with van der Waals surface area (Å²) in [6, 6.07) is 5.15. The number of carbonyl (C=O) groups is 2. The first-order valence-corrected chi connectivity index (χ1v) is 7.05. The van der Waals surface area contributed by atoms with Crippen LogP contribution in [-0.2, 0) is 9.59 Å². The highest BCUT2D eigenvalue weighted by atomic mass is 16.2. The number of hydrogen-bond donors (Lipinski definition) is 2. The molecular formula is C15H17N5O2. The second-order valence-electron chi connectivity index (χ2n) is 5.50. The Kier molecular flexibility index (Phi) is 3.40. The lowest BCUT2D eigenvalue weighted by Crippen LogP contribution is -2.36. The molecule has 1 aromatic heterocycles. The van der Waals surface area contributed by atoms with Crippen molar-refractivity contribution >= 4 is 23.5 Å². The van der Waals surface area contributed by atoms with Gasteiger partial charge in [-0.1, -0.05) is 12.1 Å². The summed E-state index contributed by atoms with van der Waals surface area (Å²) in [6.45, 7) is 5.60. The molecule has 22 heavy (non-hydrogen) atoms. The fourth-order valence-corrected chi connectivity index (χ4v) is 2.46. The fraction of sp³-hybridized carbons (Fsp3) is 0.333. The van der Waals surface area contributed by atoms with Gasteiger partial charge < -0.3 is 5.32 Å². The van der Waals surface area contributed by atoms with Crippen LogP contribution in [0.15, 0.2) is 18.2 Å². The van der Waals surface area contributed by atoms with Gasteiger partial charge in [0.05, 0.1) is 6.42 Å². The Labute approximate surface area is 127 Å². The number of rotatable bonds is 2. The van der Waals surface area contributed by atoms with E-state index in [-0.39, 0.29) is 18.2 Å². The van der Waals surface area contributed by atoms with E-state index in [4.69, 9.17) is 0 Å². The van der Waals surface area contributed by atoms with Gasteiger partial charge in [0.25, 0.3) is 0 Å². The topological polar surface area (TPSA) is 88.9 Å². The van der Waals surface area contributed by atoms with Gasteiger partial charge in [-0.05, 0) is 38.0 Å². The van der Waals surface area contributed by atoms with Crippen LogP contribution in [-0.4, -0.2) is 26.6 Å². The molecule has 7 nitrogen and oxygen atoms in total. The normalized spacial score (nSPS) is 16.9. The van der Waals surface area contributed by atoms with Crippen molar-refractivity contribution in [3.05, 3.63) is 35.2 Å². The van der Waals surface area contributed by atoms with Gasteiger partial charge in [0.15, 0.2) is 0 Å². The van der Waals surface area contributed by atoms with E-state index in [1.165, 1.54) is 4.68 Å². The number of amides is 2. The largest absolute Gasteiger partial charge is 0.324 e. The fourth-order valence-electron chi connectivity index (χ4n) is 2.46. The van der Waals surface area contributed by atoms with E-state index in [1.807, 2.05) is 32.0 Å². The third kappa shape index (κ3) is 2.57. The summed E-state index contributed by atoms with van der Waals surface area (Å²) in [5.74, 6) is 0.326. The Morgan fingerprint density at radius 3 is 2.91 bits per heavy atom. The van der Waals surface area contributed by atoms with Crippen molar-refractivity contribution in [3.63, 3.8) is 0 Å². The van der Waals surface area contributed by atoms with E-state index in [0.717, 1.165) is 16.8 Å². The summed E-state index contributed by atoms with van der Waals surface area (Å²) in [7, 11) is 0. The Morgan fingerprint density at radius 1 is 1.36 bits per heavy atom. The molecule has 0 saturated carbocycles. The van der Waals surface area contributed by atoms with Crippen LogP contribution in [0, 0.1) is 20.8 Å². The Hall–Kier alpha value is -2.70. The molecule has 114 valence electrons. The maximum absolute atomic E-state index is 12.6. The maximum atomic E-state index is 12.6. The van der Waals surface area contributed by atoms with Gasteiger partial charge in [-0.15, -0.1) is 0 Å². The van der Waals surface area contributed by atoms with Crippen molar-refractivity contribution in [2.45, 2.75) is 33.2 Å². The van der Waals surface area contributed by atoms with Gasteiger partial charge in [-0.3, -0.25) is 14.9 Å². The summed E-state index contributed by atoms with van der Waals surface area (Å²) in [6.07, 6.45) is 0.0481. The first kappa shape index (κ1) is 14.2. The highest BCUT2D eigenvalue weighted by Gasteiger charge is 2.32. The number of benzene rings is 1. The minimum Gasteiger partial charge on any atom is -0.324 e. The lowest BCUT2D eigenvalue weighted by molar-refractivity contribution is -0.125. The molecule has 0 aliphatic carbocycles. The van der Waals surface area contributed by atoms with Gasteiger partial charge in [0, 0.05) is 5.69 Å². The average molecular weight is 299 g/mol. The lowest BCUT2D eigenvalue weighted by Gasteiger charge is -2.23. The molecule has 2 aromatic rings. The number of aromatic nitrogens is 3. The number of hydrogen-bond acceptors (Lipinski definition) is 4. The van der Waals surface area contributed by atoms with Gasteiger partial charge in [-0.2, -0.15) is 10.1 Å². The molecule has 1 unspecified atom stereocenters. The smallest absolute Gasteiger partial charge is 0.249 e. The maximum Gasteiger partial charge on any atom is 0.249 e. The third-order valence-corrected chi connectivity index (χ3v) is 3.62. The number of fused-ring (bicyclic) bond motifs is 1. The van der Waals surface area contributed by atoms with Crippen molar-refractivity contribution in [2.24, 2.45) is 0 Å². The Bertz CT molecular complexity index is 765. The summed E-state index contributed by atoms with van der Waals surface area (Å²) < 4.78 is 1.47. The number of nitrogens with one attached hydrogen (secondary N) is 2. The highest BCUT2D eigenvalue weighted by molar-refractivity contribution is 6.01. The number of carbonyl (C=O) groups excluding carboxylic acids is 2. The average Bonchev–Trinajstić information content (AvgIpc) is 2.81. The van der Waals surface area contributed by atoms with Crippen LogP contribution in [0.3, 0.4) is 0 Å². The van der Waals surface area contributed by atoms with Gasteiger partial charge in [0.2, 0.25) is 17.8 Å². The van der Waals surface area contributed by atoms with Gasteiger partial charge >= 0.3 is 0 Å². The second-order valence-corrected chi connectivity index (χ2v) is 5.50. The molecule has 0 radical (unpaired) electrons. The van der Waals surface area contributed by atoms with Crippen LogP contribution >= 0.6 is 0 Å². The zero-order valence-electron chi connectivity index (χ0n) is 12.7. The SMILES string of the molecule is Cc1ccc(C)c(NC(=O)C2CC(=O)Nc3nc(C)nn32)c1. The molecule has 0 fully saturated rings. The molecule has 0 saturated heterocycles. The van der Waals surface area contributed by atoms with Crippen LogP contribution in [0.2, 0.25) is 0 Å². The first-order valence-electron chi connectivity index (χ1n) is 7.05. The predicted molar refractivity (Wildman–Crippen MR) is 81.6 cm³/mol. The van der Waals surface area contributed by atoms with Crippen molar-refractivity contribution in [2.75, 3.05) is 10.6 Å². The Morgan fingerprint density at radius 2 is 2.14 bits per heavy atom. The monoisotopic (exact) mass is 299 g/mol. The molecule has 7 heteroatoms. The lowest BCUT2D eigenvalue weighted by atomic mass is 10.1. The van der Waals surface area contributed by atoms with E-state index in [1.54, 1.807) is 6.92 Å². The number of nitrogens with zero attached hydrogens (tertiary/aromatic N) is 3. The van der Waals surface area contributed by atoms with Crippen molar-refractivity contribution in [1.82, 2.24) is 14.8 Å². The van der Waals surface area contributed by atoms with E-state index < -0.39 is 6.04 Å². The summed E-state index contributed by atoms with van der Waals surface area (Å²) in [5, 5.41) is 9.70. The van der Waals surface area contributed by atoms with Crippen LogP contribution in [0.25, 0.3) is 0 Å². The van der Waals surface area contributed by atoms with Crippen LogP contribution in [0.5, 0.6) is 0 Å². The van der Waals surface area contributed by atoms with Crippen LogP contribution in [0.4, 0.5) is 11.6 Å². The van der Waals surface area contributed by atoms with Crippen molar-refractivity contribution in [3.8, 4) is 0 Å². The Balaban J connectivity index is 1.89. The molecule has 1 atom stereocenters. The summed E-state index contributed by atoms with van der Waals surface area (Å²) in [5.41, 5.74) is 2.77. The molecule has 2 amide bonds. The van der Waals surface area contributed by atoms with E-state index >= 15 is 0 Å². The molecule has 0 bridgehead atoms. The minimum atomic E-state index is -0.690. The molecule has 1 aromatic carbocycles. The number of aryl methyl sites for hydroxylation is 3. The zero-order chi connectivity index (χ0) is 15.9. The second kappa shape index (κ2) is 5.25. The summed E-state index contributed by atoms with van der Waals surface area (Å²) in [4.78, 5) is 28.4. The molecule has 0 spiro atoms. The predicted octanol–water partition coefficient (Wildman–Crippen LogP) is 1.73. The molecule has 3 rings (SSSR count). The third-order valence-electron chi connectivity index (χ3n) is 3.62. The van der Waals surface area contributed by atoms with Crippen LogP contribution in [0.1, 0.15) is 29.4 Å².